The maximum atomic E-state index is 3.72. The third kappa shape index (κ3) is 6.07. The van der Waals surface area contributed by atoms with Crippen LogP contribution in [0.5, 0.6) is 0 Å². The fourth-order valence-corrected chi connectivity index (χ4v) is 4.67. The zero-order valence-corrected chi connectivity index (χ0v) is 18.2. The van der Waals surface area contributed by atoms with Gasteiger partial charge in [0, 0.05) is 0 Å². The molecule has 2 rings (SSSR count). The predicted molar refractivity (Wildman–Crippen MR) is 103 cm³/mol. The summed E-state index contributed by atoms with van der Waals surface area (Å²) in [6.45, 7) is 13.6. The molecule has 0 fully saturated rings. The fourth-order valence-electron chi connectivity index (χ4n) is 2.93. The number of allylic oxidation sites excluding steroid dienone is 4. The first-order valence-electron chi connectivity index (χ1n) is 7.77. The van der Waals surface area contributed by atoms with Crippen LogP contribution in [0.25, 0.3) is 5.57 Å². The van der Waals surface area contributed by atoms with E-state index in [4.69, 9.17) is 0 Å². The number of hydrogen-bond donors (Lipinski definition) is 1. The number of hydrogen-bond acceptors (Lipinski definition) is 1. The van der Waals surface area contributed by atoms with Gasteiger partial charge in [0.15, 0.2) is 0 Å². The molecule has 0 radical (unpaired) electrons. The van der Waals surface area contributed by atoms with Gasteiger partial charge >= 0.3 is 139 Å². The van der Waals surface area contributed by atoms with Crippen LogP contribution >= 0.6 is 24.8 Å². The average Bonchev–Trinajstić information content (AvgIpc) is 2.63. The molecule has 1 nitrogen and oxygen atoms in total. The van der Waals surface area contributed by atoms with Crippen LogP contribution in [0.3, 0.4) is 0 Å². The molecule has 1 unspecified atom stereocenters. The molecule has 0 saturated heterocycles. The van der Waals surface area contributed by atoms with Crippen LogP contribution in [-0.4, -0.2) is 5.54 Å². The molecular formula is C19H29Cl2NTi. The molecule has 1 aromatic rings. The zero-order chi connectivity index (χ0) is 15.6. The maximum absolute atomic E-state index is 3.72. The molecule has 1 aliphatic carbocycles. The van der Waals surface area contributed by atoms with Crippen molar-refractivity contribution in [3.05, 3.63) is 52.6 Å². The second-order valence-electron chi connectivity index (χ2n) is 7.06. The van der Waals surface area contributed by atoms with E-state index in [1.54, 1.807) is 0 Å². The van der Waals surface area contributed by atoms with Gasteiger partial charge in [-0.3, -0.25) is 0 Å². The number of nitrogens with one attached hydrogen (secondary N) is 1. The minimum absolute atomic E-state index is 0. The van der Waals surface area contributed by atoms with Crippen molar-refractivity contribution >= 4 is 30.4 Å². The molecule has 0 spiro atoms. The molecule has 1 N–H and O–H groups in total. The van der Waals surface area contributed by atoms with Gasteiger partial charge in [-0.15, -0.1) is 24.8 Å². The Balaban J connectivity index is 0.00000242. The van der Waals surface area contributed by atoms with E-state index >= 15 is 0 Å². The third-order valence-electron chi connectivity index (χ3n) is 4.00. The first kappa shape index (κ1) is 23.0. The van der Waals surface area contributed by atoms with Gasteiger partial charge in [-0.1, -0.05) is 0 Å². The van der Waals surface area contributed by atoms with Gasteiger partial charge in [0.1, 0.15) is 0 Å². The summed E-state index contributed by atoms with van der Waals surface area (Å²) >= 11 is -0.146. The fraction of sp³-hybridized carbons (Fsp3) is 0.474. The molecule has 0 aromatic heterocycles. The molecule has 128 valence electrons. The summed E-state index contributed by atoms with van der Waals surface area (Å²) in [7, 11) is 0. The Morgan fingerprint density at radius 1 is 1.09 bits per heavy atom. The van der Waals surface area contributed by atoms with Crippen LogP contribution in [0.1, 0.15) is 52.7 Å². The van der Waals surface area contributed by atoms with Gasteiger partial charge < -0.3 is 0 Å². The summed E-state index contributed by atoms with van der Waals surface area (Å²) in [4.78, 5) is 0. The molecule has 1 atom stereocenters. The van der Waals surface area contributed by atoms with Gasteiger partial charge in [-0.25, -0.2) is 0 Å². The average molecular weight is 390 g/mol. The van der Waals surface area contributed by atoms with Gasteiger partial charge in [0.25, 0.3) is 0 Å². The standard InChI is InChI=1S/C15H17.C4H10N.2ClH.Ti/c1-10-7-5-6-8-14(10)15-12(3)9-11(2)13(15)4;1-4(2,3)5;;;/h5-9,12H,1H2,2-4H3;5H,1-3H3;2*1H;/q;-1;;;+1. The van der Waals surface area contributed by atoms with Crippen LogP contribution < -0.4 is 3.80 Å². The summed E-state index contributed by atoms with van der Waals surface area (Å²) in [5.74, 6) is 0.543. The quantitative estimate of drug-likeness (QED) is 0.643. The molecule has 1 aliphatic rings. The molecule has 0 amide bonds. The van der Waals surface area contributed by atoms with Crippen molar-refractivity contribution in [3.63, 3.8) is 0 Å². The summed E-state index contributed by atoms with van der Waals surface area (Å²) in [6.07, 6.45) is 2.39. The molecular weight excluding hydrogens is 361 g/mol. The molecule has 1 aromatic carbocycles. The maximum Gasteiger partial charge on any atom is -0.147 e. The van der Waals surface area contributed by atoms with Crippen LogP contribution in [0.15, 0.2) is 41.5 Å². The Kier molecular flexibility index (Phi) is 9.42. The van der Waals surface area contributed by atoms with Crippen molar-refractivity contribution in [2.45, 2.75) is 51.8 Å². The number of rotatable bonds is 4. The van der Waals surface area contributed by atoms with Crippen molar-refractivity contribution in [2.75, 3.05) is 0 Å². The Bertz CT molecular complexity index is 585. The van der Waals surface area contributed by atoms with Crippen LogP contribution in [-0.2, 0) is 24.1 Å². The van der Waals surface area contributed by atoms with Crippen LogP contribution in [0.4, 0.5) is 0 Å². The van der Waals surface area contributed by atoms with E-state index in [1.165, 1.54) is 32.6 Å². The first-order valence-corrected chi connectivity index (χ1v) is 9.66. The van der Waals surface area contributed by atoms with Gasteiger partial charge in [0.2, 0.25) is 0 Å². The number of halogens is 2. The first-order chi connectivity index (χ1) is 9.79. The van der Waals surface area contributed by atoms with Crippen molar-refractivity contribution in [1.82, 2.24) is 3.80 Å². The Labute approximate surface area is 163 Å². The van der Waals surface area contributed by atoms with E-state index in [0.29, 0.717) is 5.92 Å². The number of benzene rings is 1. The Hall–Kier alpha value is -0.0457. The van der Waals surface area contributed by atoms with Gasteiger partial charge in [0.05, 0.1) is 0 Å². The Morgan fingerprint density at radius 3 is 2.22 bits per heavy atom. The molecule has 4 heteroatoms. The van der Waals surface area contributed by atoms with E-state index in [9.17, 15) is 0 Å². The van der Waals surface area contributed by atoms with E-state index in [-0.39, 0.29) is 49.8 Å². The summed E-state index contributed by atoms with van der Waals surface area (Å²) in [6, 6.07) is 8.97. The van der Waals surface area contributed by atoms with E-state index < -0.39 is 0 Å². The van der Waals surface area contributed by atoms with E-state index in [0.717, 1.165) is 0 Å². The summed E-state index contributed by atoms with van der Waals surface area (Å²) < 4.78 is 4.92. The second-order valence-corrected chi connectivity index (χ2v) is 8.56. The summed E-state index contributed by atoms with van der Waals surface area (Å²) in [5, 5.41) is 0. The molecule has 0 aliphatic heterocycles. The largest absolute Gasteiger partial charge is 0.147 e. The van der Waals surface area contributed by atoms with Gasteiger partial charge in [-0.2, -0.15) is 0 Å². The van der Waals surface area contributed by atoms with Crippen molar-refractivity contribution in [2.24, 2.45) is 5.92 Å². The van der Waals surface area contributed by atoms with Gasteiger partial charge in [-0.05, 0) is 0 Å². The topological polar surface area (TPSA) is 12.0 Å². The minimum atomic E-state index is -0.146. The second kappa shape index (κ2) is 9.44. The summed E-state index contributed by atoms with van der Waals surface area (Å²) in [5.41, 5.74) is 7.66. The smallest absolute Gasteiger partial charge is 0.147 e. The third-order valence-corrected chi connectivity index (χ3v) is 6.32. The molecule has 0 bridgehead atoms. The zero-order valence-electron chi connectivity index (χ0n) is 15.0. The Morgan fingerprint density at radius 2 is 1.70 bits per heavy atom. The monoisotopic (exact) mass is 389 g/mol. The predicted octanol–water partition coefficient (Wildman–Crippen LogP) is 5.79. The van der Waals surface area contributed by atoms with Crippen LogP contribution in [0, 0.1) is 5.92 Å². The molecule has 0 saturated carbocycles. The molecule has 0 heterocycles. The SMILES string of the molecule is CC1=CC(C)C(c2ccccc2[CH2][Ti][NH]C(C)(C)C)=C1C.Cl.Cl. The van der Waals surface area contributed by atoms with Crippen molar-refractivity contribution in [1.29, 1.82) is 0 Å². The van der Waals surface area contributed by atoms with Crippen LogP contribution in [0.2, 0.25) is 0 Å². The van der Waals surface area contributed by atoms with E-state index in [2.05, 4.69) is 75.7 Å². The van der Waals surface area contributed by atoms with Crippen molar-refractivity contribution < 1.29 is 19.4 Å². The normalized spacial score (nSPS) is 17.3. The van der Waals surface area contributed by atoms with Crippen molar-refractivity contribution in [3.8, 4) is 0 Å². The minimum Gasteiger partial charge on any atom is -0.147 e. The molecule has 23 heavy (non-hydrogen) atoms. The van der Waals surface area contributed by atoms with E-state index in [1.807, 2.05) is 0 Å².